The fourth-order valence-electron chi connectivity index (χ4n) is 9.06. The predicted molar refractivity (Wildman–Crippen MR) is 130 cm³/mol. The smallest absolute Gasteiger partial charge is 0.331 e. The largest absolute Gasteiger partial charge is 0.479 e. The van der Waals surface area contributed by atoms with Crippen LogP contribution in [0.1, 0.15) is 85.0 Å². The molecule has 0 heterocycles. The molecule has 0 bridgehead atoms. The van der Waals surface area contributed by atoms with E-state index in [9.17, 15) is 14.7 Å². The van der Waals surface area contributed by atoms with Crippen molar-refractivity contribution >= 4 is 20.1 Å². The summed E-state index contributed by atoms with van der Waals surface area (Å²) in [6.45, 7) is 13.4. The number of rotatable bonds is 6. The Kier molecular flexibility index (Phi) is 6.50. The second-order valence-corrected chi connectivity index (χ2v) is 17.8. The molecular formula is C27H46O4Si. The lowest BCUT2D eigenvalue weighted by Crippen LogP contribution is -2.56. The van der Waals surface area contributed by atoms with E-state index in [1.165, 1.54) is 38.5 Å². The number of Topliss-reactive ketones (excluding diaryl/α,β-unsaturated/α-hetero) is 1. The van der Waals surface area contributed by atoms with Crippen LogP contribution in [0.15, 0.2) is 0 Å². The maximum Gasteiger partial charge on any atom is 0.331 e. The van der Waals surface area contributed by atoms with Crippen LogP contribution in [0, 0.1) is 46.3 Å². The van der Waals surface area contributed by atoms with Crippen LogP contribution in [0.3, 0.4) is 0 Å². The summed E-state index contributed by atoms with van der Waals surface area (Å²) >= 11 is 0. The van der Waals surface area contributed by atoms with Gasteiger partial charge in [-0.05, 0) is 105 Å². The van der Waals surface area contributed by atoms with Crippen LogP contribution in [0.4, 0.5) is 0 Å². The summed E-state index contributed by atoms with van der Waals surface area (Å²) in [6.07, 6.45) is 10.6. The first-order valence-corrected chi connectivity index (χ1v) is 16.7. The number of hydrogen-bond acceptors (Lipinski definition) is 3. The van der Waals surface area contributed by atoms with Crippen molar-refractivity contribution < 1.29 is 19.1 Å². The second-order valence-electron chi connectivity index (χ2n) is 13.4. The molecular weight excluding hydrogens is 416 g/mol. The minimum atomic E-state index is -1.93. The highest BCUT2D eigenvalue weighted by Gasteiger charge is 2.62. The van der Waals surface area contributed by atoms with Crippen LogP contribution in [0.5, 0.6) is 0 Å². The summed E-state index contributed by atoms with van der Waals surface area (Å²) < 4.78 is 6.06. The Labute approximate surface area is 196 Å². The Morgan fingerprint density at radius 3 is 2.41 bits per heavy atom. The van der Waals surface area contributed by atoms with Gasteiger partial charge in [0.05, 0.1) is 0 Å². The van der Waals surface area contributed by atoms with Gasteiger partial charge in [-0.25, -0.2) is 4.79 Å². The Morgan fingerprint density at radius 1 is 1.06 bits per heavy atom. The molecule has 0 aromatic rings. The zero-order chi connectivity index (χ0) is 23.5. The van der Waals surface area contributed by atoms with E-state index in [0.29, 0.717) is 47.2 Å². The summed E-state index contributed by atoms with van der Waals surface area (Å²) in [5.74, 6) is 2.46. The second kappa shape index (κ2) is 8.52. The molecule has 0 aromatic heterocycles. The standard InChI is InChI=1S/C27H46O4Si/c1-17(15-23(25(29)30)31-32(4,5)6)19-10-11-20-24-21(12-14-27(19,20)3)26(2)13-8-7-9-18(26)16-22(24)28/h17-21,23-24H,7-16H2,1-6H3,(H,29,30)/t17-,18+,19-,20+,21+,23?,24+,26+,27-/m1/s1. The SMILES string of the molecule is C[C@H](CC(O[Si](C)(C)C)C(=O)O)[C@H]1CC[C@H]2[C@@H]3C(=O)C[C@@H]4CCCC[C@]4(C)[C@H]3CC[C@]12C. The molecule has 4 aliphatic carbocycles. The summed E-state index contributed by atoms with van der Waals surface area (Å²) in [5, 5.41) is 9.81. The Balaban J connectivity index is 1.53. The number of fused-ring (bicyclic) bond motifs is 5. The van der Waals surface area contributed by atoms with Gasteiger partial charge in [0.2, 0.25) is 0 Å². The van der Waals surface area contributed by atoms with Gasteiger partial charge in [-0.15, -0.1) is 0 Å². The first-order valence-electron chi connectivity index (χ1n) is 13.3. The third kappa shape index (κ3) is 4.14. The maximum atomic E-state index is 13.5. The van der Waals surface area contributed by atoms with E-state index in [4.69, 9.17) is 4.43 Å². The van der Waals surface area contributed by atoms with E-state index in [1.54, 1.807) is 0 Å². The first-order chi connectivity index (χ1) is 14.9. The van der Waals surface area contributed by atoms with Crippen LogP contribution in [0.25, 0.3) is 0 Å². The van der Waals surface area contributed by atoms with Gasteiger partial charge in [-0.3, -0.25) is 4.79 Å². The molecule has 0 radical (unpaired) electrons. The molecule has 1 N–H and O–H groups in total. The van der Waals surface area contributed by atoms with Gasteiger partial charge in [0.25, 0.3) is 0 Å². The molecule has 4 aliphatic rings. The summed E-state index contributed by atoms with van der Waals surface area (Å²) in [6, 6.07) is 0. The fraction of sp³-hybridized carbons (Fsp3) is 0.926. The number of hydrogen-bond donors (Lipinski definition) is 1. The van der Waals surface area contributed by atoms with E-state index in [-0.39, 0.29) is 11.3 Å². The van der Waals surface area contributed by atoms with E-state index in [0.717, 1.165) is 19.3 Å². The first kappa shape index (κ1) is 24.4. The van der Waals surface area contributed by atoms with Gasteiger partial charge >= 0.3 is 5.97 Å². The van der Waals surface area contributed by atoms with Gasteiger partial charge in [-0.1, -0.05) is 33.6 Å². The fourth-order valence-corrected chi connectivity index (χ4v) is 10.1. The number of carbonyl (C=O) groups excluding carboxylic acids is 1. The third-order valence-electron chi connectivity index (χ3n) is 10.5. The molecule has 4 rings (SSSR count). The molecule has 32 heavy (non-hydrogen) atoms. The summed E-state index contributed by atoms with van der Waals surface area (Å²) in [7, 11) is -1.93. The molecule has 4 saturated carbocycles. The molecule has 182 valence electrons. The van der Waals surface area contributed by atoms with Crippen LogP contribution in [0.2, 0.25) is 19.6 Å². The minimum Gasteiger partial charge on any atom is -0.479 e. The lowest BCUT2D eigenvalue weighted by molar-refractivity contribution is -0.156. The minimum absolute atomic E-state index is 0.163. The number of ketones is 1. The van der Waals surface area contributed by atoms with E-state index in [2.05, 4.69) is 40.4 Å². The Hall–Kier alpha value is -0.683. The average molecular weight is 463 g/mol. The van der Waals surface area contributed by atoms with Crippen molar-refractivity contribution in [2.45, 2.75) is 111 Å². The van der Waals surface area contributed by atoms with Crippen molar-refractivity contribution in [1.82, 2.24) is 0 Å². The maximum absolute atomic E-state index is 13.5. The monoisotopic (exact) mass is 462 g/mol. The third-order valence-corrected chi connectivity index (χ3v) is 11.5. The highest BCUT2D eigenvalue weighted by atomic mass is 28.4. The normalized spacial score (nSPS) is 43.7. The van der Waals surface area contributed by atoms with Crippen molar-refractivity contribution in [3.05, 3.63) is 0 Å². The lowest BCUT2D eigenvalue weighted by Gasteiger charge is -2.60. The van der Waals surface area contributed by atoms with E-state index in [1.807, 2.05) is 0 Å². The number of carboxylic acids is 1. The molecule has 0 saturated heterocycles. The highest BCUT2D eigenvalue weighted by molar-refractivity contribution is 6.69. The predicted octanol–water partition coefficient (Wildman–Crippen LogP) is 6.55. The highest BCUT2D eigenvalue weighted by Crippen LogP contribution is 2.67. The number of carbonyl (C=O) groups is 2. The van der Waals surface area contributed by atoms with Crippen LogP contribution >= 0.6 is 0 Å². The zero-order valence-corrected chi connectivity index (χ0v) is 22.3. The Morgan fingerprint density at radius 2 is 1.75 bits per heavy atom. The van der Waals surface area contributed by atoms with Crippen LogP contribution in [-0.2, 0) is 14.0 Å². The summed E-state index contributed by atoms with van der Waals surface area (Å²) in [4.78, 5) is 25.5. The van der Waals surface area contributed by atoms with E-state index >= 15 is 0 Å². The molecule has 4 nitrogen and oxygen atoms in total. The molecule has 0 aliphatic heterocycles. The summed E-state index contributed by atoms with van der Waals surface area (Å²) in [5.41, 5.74) is 0.526. The lowest BCUT2D eigenvalue weighted by atomic mass is 9.44. The van der Waals surface area contributed by atoms with Gasteiger partial charge in [0.15, 0.2) is 8.32 Å². The zero-order valence-electron chi connectivity index (χ0n) is 21.3. The van der Waals surface area contributed by atoms with Crippen LogP contribution < -0.4 is 0 Å². The van der Waals surface area contributed by atoms with Gasteiger partial charge in [0.1, 0.15) is 11.9 Å². The topological polar surface area (TPSA) is 63.6 Å². The van der Waals surface area contributed by atoms with Crippen LogP contribution in [-0.4, -0.2) is 31.3 Å². The molecule has 0 spiro atoms. The van der Waals surface area contributed by atoms with Crippen molar-refractivity contribution in [2.75, 3.05) is 0 Å². The van der Waals surface area contributed by atoms with Gasteiger partial charge in [-0.2, -0.15) is 0 Å². The van der Waals surface area contributed by atoms with Crippen molar-refractivity contribution in [2.24, 2.45) is 46.3 Å². The molecule has 4 fully saturated rings. The molecule has 0 aromatic carbocycles. The van der Waals surface area contributed by atoms with E-state index < -0.39 is 20.4 Å². The molecule has 9 atom stereocenters. The number of aliphatic carboxylic acids is 1. The van der Waals surface area contributed by atoms with Crippen molar-refractivity contribution in [3.63, 3.8) is 0 Å². The number of carboxylic acid groups (broad SMARTS) is 1. The molecule has 0 amide bonds. The van der Waals surface area contributed by atoms with Crippen molar-refractivity contribution in [1.29, 1.82) is 0 Å². The van der Waals surface area contributed by atoms with Crippen molar-refractivity contribution in [3.8, 4) is 0 Å². The van der Waals surface area contributed by atoms with Gasteiger partial charge in [0, 0.05) is 12.3 Å². The van der Waals surface area contributed by atoms with Gasteiger partial charge < -0.3 is 9.53 Å². The quantitative estimate of drug-likeness (QED) is 0.455. The molecule has 5 heteroatoms. The average Bonchev–Trinajstić information content (AvgIpc) is 3.04. The Bertz CT molecular complexity index is 744. The molecule has 1 unspecified atom stereocenters.